The van der Waals surface area contributed by atoms with E-state index in [1.807, 2.05) is 34.6 Å². The summed E-state index contributed by atoms with van der Waals surface area (Å²) in [5.41, 5.74) is -1.20. The van der Waals surface area contributed by atoms with E-state index in [1.54, 1.807) is 18.2 Å². The smallest absolute Gasteiger partial charge is 0.408 e. The van der Waals surface area contributed by atoms with Crippen molar-refractivity contribution in [3.8, 4) is 22.9 Å². The monoisotopic (exact) mass is 891 g/mol. The van der Waals surface area contributed by atoms with Gasteiger partial charge < -0.3 is 49.3 Å². The fourth-order valence-corrected chi connectivity index (χ4v) is 9.37. The zero-order valence-electron chi connectivity index (χ0n) is 36.5. The molecule has 0 bridgehead atoms. The van der Waals surface area contributed by atoms with Gasteiger partial charge in [0.05, 0.1) is 31.0 Å². The summed E-state index contributed by atoms with van der Waals surface area (Å²) >= 11 is 7.07. The van der Waals surface area contributed by atoms with Crippen LogP contribution in [0.25, 0.3) is 22.3 Å². The van der Waals surface area contributed by atoms with Crippen LogP contribution in [-0.4, -0.2) is 131 Å². The molecule has 3 aliphatic carbocycles. The Kier molecular flexibility index (Phi) is 12.6. The molecule has 8 atom stereocenters. The number of pyridine rings is 1. The van der Waals surface area contributed by atoms with Gasteiger partial charge in [-0.2, -0.15) is 4.98 Å². The molecule has 18 heteroatoms. The number of amides is 3. The number of oxazole rings is 1. The second-order valence-electron chi connectivity index (χ2n) is 18.9. The van der Waals surface area contributed by atoms with E-state index < -0.39 is 58.9 Å². The van der Waals surface area contributed by atoms with Gasteiger partial charge in [-0.3, -0.25) is 14.5 Å². The van der Waals surface area contributed by atoms with E-state index in [4.69, 9.17) is 39.9 Å². The molecule has 2 aromatic heterocycles. The molecule has 5 aliphatic rings. The van der Waals surface area contributed by atoms with Gasteiger partial charge in [-0.15, -0.1) is 6.58 Å². The SMILES string of the molecule is C=C[C@@H]1CC1(NC(=O)[C@@H]1CC(Oc2cc(-c3coc(NC(C)C)n3)nc3c(Cl)c(OCCN4CCOCC4)ccc23)CN1C(=O)[C@@H](NC(=O)O[C@@H]1C[C@@H]2C[C@@H]2C1)C(C)(C)C)C(=O)O. The first-order chi connectivity index (χ1) is 30.0. The number of likely N-dealkylation sites (tertiary alicyclic amines) is 1. The highest BCUT2D eigenvalue weighted by Crippen LogP contribution is 2.52. The van der Waals surface area contributed by atoms with Gasteiger partial charge in [0.1, 0.15) is 64.9 Å². The van der Waals surface area contributed by atoms with Crippen molar-refractivity contribution in [3.05, 3.63) is 42.1 Å². The average molecular weight is 892 g/mol. The minimum atomic E-state index is -1.55. The summed E-state index contributed by atoms with van der Waals surface area (Å²) in [4.78, 5) is 68.0. The van der Waals surface area contributed by atoms with E-state index in [-0.39, 0.29) is 36.6 Å². The van der Waals surface area contributed by atoms with Gasteiger partial charge in [-0.05, 0) is 68.9 Å². The third-order valence-corrected chi connectivity index (χ3v) is 13.2. The summed E-state index contributed by atoms with van der Waals surface area (Å²) < 4.78 is 29.9. The van der Waals surface area contributed by atoms with Crippen LogP contribution in [-0.2, 0) is 23.9 Å². The largest absolute Gasteiger partial charge is 0.491 e. The van der Waals surface area contributed by atoms with Crippen molar-refractivity contribution in [3.63, 3.8) is 0 Å². The zero-order chi connectivity index (χ0) is 44.8. The number of hydrogen-bond donors (Lipinski definition) is 4. The first kappa shape index (κ1) is 44.5. The maximum absolute atomic E-state index is 14.8. The zero-order valence-corrected chi connectivity index (χ0v) is 37.2. The van der Waals surface area contributed by atoms with Crippen molar-refractivity contribution in [2.24, 2.45) is 23.2 Å². The number of ether oxygens (including phenoxy) is 4. The van der Waals surface area contributed by atoms with Crippen LogP contribution in [0.3, 0.4) is 0 Å². The van der Waals surface area contributed by atoms with E-state index in [9.17, 15) is 24.3 Å². The van der Waals surface area contributed by atoms with Crippen LogP contribution in [0.15, 0.2) is 41.5 Å². The molecular weight excluding hydrogens is 834 g/mol. The number of rotatable bonds is 16. The summed E-state index contributed by atoms with van der Waals surface area (Å²) in [5.74, 6) is -0.911. The first-order valence-electron chi connectivity index (χ1n) is 21.9. The summed E-state index contributed by atoms with van der Waals surface area (Å²) in [6, 6.07) is 3.35. The van der Waals surface area contributed by atoms with Crippen molar-refractivity contribution < 1.29 is 47.6 Å². The normalized spacial score (nSPS) is 27.1. The van der Waals surface area contributed by atoms with Gasteiger partial charge in [0.15, 0.2) is 0 Å². The Bertz CT molecular complexity index is 2230. The summed E-state index contributed by atoms with van der Waals surface area (Å²) in [7, 11) is 0. The molecule has 3 amide bonds. The number of carbonyl (C=O) groups excluding carboxylic acids is 3. The number of morpholine rings is 1. The lowest BCUT2D eigenvalue weighted by molar-refractivity contribution is -0.146. The van der Waals surface area contributed by atoms with Crippen LogP contribution in [0.2, 0.25) is 5.02 Å². The van der Waals surface area contributed by atoms with Crippen molar-refractivity contribution in [2.75, 3.05) is 51.3 Å². The van der Waals surface area contributed by atoms with Crippen LogP contribution >= 0.6 is 11.6 Å². The second kappa shape index (κ2) is 17.8. The summed E-state index contributed by atoms with van der Waals surface area (Å²) in [6.45, 7) is 17.1. The number of carboxylic acids is 1. The maximum atomic E-state index is 14.8. The molecule has 3 saturated carbocycles. The van der Waals surface area contributed by atoms with E-state index in [1.165, 1.54) is 17.2 Å². The molecular formula is C45H58ClN7O10. The van der Waals surface area contributed by atoms with Crippen LogP contribution in [0.5, 0.6) is 11.5 Å². The highest BCUT2D eigenvalue weighted by molar-refractivity contribution is 6.36. The number of carbonyl (C=O) groups is 4. The molecule has 0 spiro atoms. The number of fused-ring (bicyclic) bond motifs is 2. The highest BCUT2D eigenvalue weighted by atomic mass is 35.5. The molecule has 2 aliphatic heterocycles. The lowest BCUT2D eigenvalue weighted by Gasteiger charge is -2.35. The maximum Gasteiger partial charge on any atom is 0.408 e. The number of hydrogen-bond acceptors (Lipinski definition) is 13. The fraction of sp³-hybridized carbons (Fsp3) is 0.600. The predicted octanol–water partition coefficient (Wildman–Crippen LogP) is 5.51. The van der Waals surface area contributed by atoms with Gasteiger partial charge in [0, 0.05) is 49.5 Å². The number of carboxylic acid groups (broad SMARTS) is 1. The number of nitrogens with one attached hydrogen (secondary N) is 3. The first-order valence-corrected chi connectivity index (χ1v) is 22.3. The van der Waals surface area contributed by atoms with E-state index in [0.717, 1.165) is 32.4 Å². The van der Waals surface area contributed by atoms with Crippen LogP contribution in [0.4, 0.5) is 10.8 Å². The summed E-state index contributed by atoms with van der Waals surface area (Å²) in [6.07, 6.45) is 4.24. The van der Waals surface area contributed by atoms with Crippen molar-refractivity contribution in [1.82, 2.24) is 30.4 Å². The van der Waals surface area contributed by atoms with Crippen LogP contribution in [0.1, 0.15) is 66.7 Å². The molecule has 340 valence electrons. The lowest BCUT2D eigenvalue weighted by Crippen LogP contribution is -2.59. The van der Waals surface area contributed by atoms with Gasteiger partial charge in [-0.1, -0.05) is 38.4 Å². The Morgan fingerprint density at radius 1 is 1.05 bits per heavy atom. The predicted molar refractivity (Wildman–Crippen MR) is 233 cm³/mol. The topological polar surface area (TPSA) is 207 Å². The lowest BCUT2D eigenvalue weighted by atomic mass is 9.85. The number of alkyl carbamates (subject to hydrolysis) is 1. The molecule has 8 rings (SSSR count). The van der Waals surface area contributed by atoms with Gasteiger partial charge in [0.2, 0.25) is 11.8 Å². The third kappa shape index (κ3) is 9.70. The molecule has 4 N–H and O–H groups in total. The van der Waals surface area contributed by atoms with Crippen molar-refractivity contribution in [2.45, 2.75) is 103 Å². The van der Waals surface area contributed by atoms with E-state index in [0.29, 0.717) is 78.0 Å². The molecule has 1 aromatic carbocycles. The Morgan fingerprint density at radius 2 is 1.79 bits per heavy atom. The Balaban J connectivity index is 1.09. The highest BCUT2D eigenvalue weighted by Gasteiger charge is 2.61. The van der Waals surface area contributed by atoms with Gasteiger partial charge in [0.25, 0.3) is 6.01 Å². The van der Waals surface area contributed by atoms with Gasteiger partial charge in [-0.25, -0.2) is 14.6 Å². The number of halogens is 1. The van der Waals surface area contributed by atoms with Gasteiger partial charge >= 0.3 is 12.1 Å². The third-order valence-electron chi connectivity index (χ3n) is 12.8. The second-order valence-corrected chi connectivity index (χ2v) is 19.3. The molecule has 17 nitrogen and oxygen atoms in total. The molecule has 4 heterocycles. The molecule has 2 saturated heterocycles. The minimum absolute atomic E-state index is 0.000220. The van der Waals surface area contributed by atoms with Crippen LogP contribution in [0, 0.1) is 23.2 Å². The van der Waals surface area contributed by atoms with Crippen molar-refractivity contribution >= 4 is 52.4 Å². The number of benzene rings is 1. The summed E-state index contributed by atoms with van der Waals surface area (Å²) in [5, 5.41) is 19.7. The number of anilines is 1. The average Bonchev–Trinajstić information content (AvgIpc) is 3.91. The van der Waals surface area contributed by atoms with E-state index in [2.05, 4.69) is 32.4 Å². The van der Waals surface area contributed by atoms with E-state index >= 15 is 0 Å². The quantitative estimate of drug-likeness (QED) is 0.131. The number of aromatic nitrogens is 2. The molecule has 2 unspecified atom stereocenters. The Hall–Kier alpha value is -5.13. The minimum Gasteiger partial charge on any atom is -0.491 e. The fourth-order valence-electron chi connectivity index (χ4n) is 9.11. The number of aliphatic carboxylic acids is 1. The Morgan fingerprint density at radius 3 is 2.46 bits per heavy atom. The molecule has 63 heavy (non-hydrogen) atoms. The standard InChI is InChI=1S/C45H58ClN7O10/c1-7-27-21-45(27,41(56)57)51-39(54)33-19-29(22-53(33)40(55)38(44(4,5)6)50-43(58)63-28-17-25-16-26(25)18-28)62-35-20-31(32-23-61-42(49-32)47-24(2)3)48-37-30(35)8-9-34(36(37)46)60-15-12-52-10-13-59-14-11-52/h7-9,20,23-29,33,38H,1,10-19,21-22H2,2-6H3,(H,47,49)(H,50,58)(H,51,54)(H,56,57)/t25-,26+,27-,28+,29?,33+,38-,45?/m1/s1. The number of nitrogens with zero attached hydrogens (tertiary/aromatic N) is 4. The molecule has 5 fully saturated rings. The molecule has 0 radical (unpaired) electrons. The van der Waals surface area contributed by atoms with Crippen LogP contribution < -0.4 is 25.4 Å². The van der Waals surface area contributed by atoms with Crippen molar-refractivity contribution in [1.29, 1.82) is 0 Å². The molecule has 3 aromatic rings. The Labute approximate surface area is 371 Å².